The number of nitrogens with zero attached hydrogens (tertiary/aromatic N) is 1. The van der Waals surface area contributed by atoms with Gasteiger partial charge in [0.2, 0.25) is 0 Å². The first-order valence-electron chi connectivity index (χ1n) is 3.42. The first-order valence-corrected chi connectivity index (χ1v) is 5.12. The fourth-order valence-corrected chi connectivity index (χ4v) is 1.88. The fourth-order valence-electron chi connectivity index (χ4n) is 0.792. The van der Waals surface area contributed by atoms with Gasteiger partial charge in [-0.2, -0.15) is 12.8 Å². The lowest BCUT2D eigenvalue weighted by Gasteiger charge is -2.28. The molecule has 1 aliphatic heterocycles. The van der Waals surface area contributed by atoms with Crippen molar-refractivity contribution < 1.29 is 16.8 Å². The van der Waals surface area contributed by atoms with Crippen LogP contribution < -0.4 is 0 Å². The third-order valence-corrected chi connectivity index (χ3v) is 2.82. The quantitative estimate of drug-likeness (QED) is 0.652. The predicted octanol–water partition coefficient (Wildman–Crippen LogP) is 0.157. The fraction of sp³-hybridized carbons (Fsp3) is 1.00. The SMILES string of the molecule is CCC1(N=S=O)COS(=O)OC1. The van der Waals surface area contributed by atoms with E-state index in [9.17, 15) is 8.42 Å². The van der Waals surface area contributed by atoms with Gasteiger partial charge in [0.15, 0.2) is 11.5 Å². The van der Waals surface area contributed by atoms with Crippen LogP contribution in [0, 0.1) is 0 Å². The first kappa shape index (κ1) is 9.97. The van der Waals surface area contributed by atoms with E-state index in [0.29, 0.717) is 6.42 Å². The zero-order valence-corrected chi connectivity index (χ0v) is 8.15. The summed E-state index contributed by atoms with van der Waals surface area (Å²) >= 11 is -1.51. The summed E-state index contributed by atoms with van der Waals surface area (Å²) in [5.41, 5.74) is -0.611. The van der Waals surface area contributed by atoms with E-state index in [1.165, 1.54) is 0 Å². The molecule has 0 atom stereocenters. The van der Waals surface area contributed by atoms with Crippen LogP contribution in [-0.4, -0.2) is 27.2 Å². The molecule has 1 heterocycles. The Morgan fingerprint density at radius 1 is 1.58 bits per heavy atom. The van der Waals surface area contributed by atoms with Gasteiger partial charge in [-0.25, -0.2) is 0 Å². The molecule has 1 fully saturated rings. The number of rotatable bonds is 2. The highest BCUT2D eigenvalue weighted by Crippen LogP contribution is 2.22. The molecular formula is C5H9NO4S2. The summed E-state index contributed by atoms with van der Waals surface area (Å²) in [5.74, 6) is 0. The molecule has 0 aromatic carbocycles. The van der Waals surface area contributed by atoms with Crippen LogP contribution in [0.4, 0.5) is 0 Å². The largest absolute Gasteiger partial charge is 0.304 e. The molecule has 0 radical (unpaired) electrons. The van der Waals surface area contributed by atoms with Crippen LogP contribution in [0.1, 0.15) is 13.3 Å². The molecule has 0 bridgehead atoms. The summed E-state index contributed by atoms with van der Waals surface area (Å²) in [6, 6.07) is 0. The molecule has 0 aromatic heterocycles. The minimum atomic E-state index is -1.66. The van der Waals surface area contributed by atoms with Crippen LogP contribution in [0.3, 0.4) is 0 Å². The van der Waals surface area contributed by atoms with Crippen LogP contribution in [-0.2, 0) is 31.2 Å². The minimum Gasteiger partial charge on any atom is -0.266 e. The first-order chi connectivity index (χ1) is 5.72. The monoisotopic (exact) mass is 211 g/mol. The maximum atomic E-state index is 10.6. The van der Waals surface area contributed by atoms with Gasteiger partial charge in [0.25, 0.3) is 0 Å². The lowest BCUT2D eigenvalue weighted by atomic mass is 10.0. The van der Waals surface area contributed by atoms with Crippen molar-refractivity contribution in [3.8, 4) is 0 Å². The molecule has 0 aromatic rings. The van der Waals surface area contributed by atoms with Crippen LogP contribution >= 0.6 is 0 Å². The van der Waals surface area contributed by atoms with Gasteiger partial charge in [-0.05, 0) is 6.42 Å². The van der Waals surface area contributed by atoms with Gasteiger partial charge < -0.3 is 0 Å². The van der Waals surface area contributed by atoms with Crippen molar-refractivity contribution in [2.45, 2.75) is 18.9 Å². The highest BCUT2D eigenvalue weighted by Gasteiger charge is 2.35. The number of hydrogen-bond donors (Lipinski definition) is 0. The Labute approximate surface area is 76.6 Å². The van der Waals surface area contributed by atoms with E-state index in [1.807, 2.05) is 6.92 Å². The molecule has 0 aliphatic carbocycles. The zero-order chi connectivity index (χ0) is 9.03. The van der Waals surface area contributed by atoms with Crippen molar-refractivity contribution >= 4 is 22.8 Å². The molecule has 0 saturated carbocycles. The van der Waals surface area contributed by atoms with Crippen molar-refractivity contribution in [3.63, 3.8) is 0 Å². The van der Waals surface area contributed by atoms with Gasteiger partial charge in [0.1, 0.15) is 5.54 Å². The summed E-state index contributed by atoms with van der Waals surface area (Å²) in [4.78, 5) is 0. The van der Waals surface area contributed by atoms with E-state index in [4.69, 9.17) is 8.37 Å². The maximum absolute atomic E-state index is 10.6. The summed E-state index contributed by atoms with van der Waals surface area (Å²) in [6.07, 6.45) is 0.638. The van der Waals surface area contributed by atoms with Gasteiger partial charge in [0.05, 0.1) is 13.2 Å². The number of hydrogen-bond acceptors (Lipinski definition) is 5. The third kappa shape index (κ3) is 2.19. The Kier molecular flexibility index (Phi) is 3.51. The smallest absolute Gasteiger partial charge is 0.266 e. The van der Waals surface area contributed by atoms with E-state index >= 15 is 0 Å². The van der Waals surface area contributed by atoms with Crippen molar-refractivity contribution in [3.05, 3.63) is 0 Å². The second-order valence-corrected chi connectivity index (χ2v) is 3.68. The molecule has 70 valence electrons. The molecule has 1 saturated heterocycles. The molecule has 0 unspecified atom stereocenters. The topological polar surface area (TPSA) is 65.0 Å². The molecular weight excluding hydrogens is 202 g/mol. The Hall–Kier alpha value is -0.110. The normalized spacial score (nSPS) is 35.9. The van der Waals surface area contributed by atoms with Crippen molar-refractivity contribution in [1.29, 1.82) is 0 Å². The van der Waals surface area contributed by atoms with E-state index < -0.39 is 16.9 Å². The van der Waals surface area contributed by atoms with Crippen LogP contribution in [0.5, 0.6) is 0 Å². The zero-order valence-electron chi connectivity index (χ0n) is 6.52. The highest BCUT2D eigenvalue weighted by atomic mass is 32.2. The van der Waals surface area contributed by atoms with Gasteiger partial charge in [0, 0.05) is 0 Å². The Balaban J connectivity index is 2.69. The molecule has 0 N–H and O–H groups in total. The second-order valence-electron chi connectivity index (χ2n) is 2.47. The van der Waals surface area contributed by atoms with Crippen molar-refractivity contribution in [2.24, 2.45) is 4.36 Å². The van der Waals surface area contributed by atoms with Gasteiger partial charge in [-0.1, -0.05) is 6.92 Å². The van der Waals surface area contributed by atoms with Crippen molar-refractivity contribution in [1.82, 2.24) is 0 Å². The van der Waals surface area contributed by atoms with Gasteiger partial charge >= 0.3 is 11.4 Å². The second kappa shape index (κ2) is 4.22. The molecule has 0 spiro atoms. The summed E-state index contributed by atoms with van der Waals surface area (Å²) < 4.78 is 34.0. The average Bonchev–Trinajstić information content (AvgIpc) is 2.10. The Bertz CT molecular complexity index is 228. The molecule has 5 nitrogen and oxygen atoms in total. The van der Waals surface area contributed by atoms with E-state index in [1.54, 1.807) is 0 Å². The molecule has 1 aliphatic rings. The average molecular weight is 211 g/mol. The third-order valence-electron chi connectivity index (χ3n) is 1.74. The van der Waals surface area contributed by atoms with E-state index in [0.717, 1.165) is 0 Å². The lowest BCUT2D eigenvalue weighted by Crippen LogP contribution is -2.41. The summed E-state index contributed by atoms with van der Waals surface area (Å²) in [6.45, 7) is 2.25. The Morgan fingerprint density at radius 3 is 2.58 bits per heavy atom. The predicted molar refractivity (Wildman–Crippen MR) is 43.6 cm³/mol. The van der Waals surface area contributed by atoms with Gasteiger partial charge in [-0.3, -0.25) is 8.37 Å². The molecule has 0 amide bonds. The van der Waals surface area contributed by atoms with E-state index in [-0.39, 0.29) is 24.7 Å². The molecule has 12 heavy (non-hydrogen) atoms. The van der Waals surface area contributed by atoms with Gasteiger partial charge in [-0.15, -0.1) is 0 Å². The van der Waals surface area contributed by atoms with Crippen molar-refractivity contribution in [2.75, 3.05) is 13.2 Å². The lowest BCUT2D eigenvalue weighted by molar-refractivity contribution is 0.0991. The standard InChI is InChI=1S/C5H9NO4S2/c1-2-5(6-11-7)3-9-12(8)10-4-5/h2-4H2,1H3. The van der Waals surface area contributed by atoms with Crippen LogP contribution in [0.2, 0.25) is 0 Å². The maximum Gasteiger partial charge on any atom is 0.304 e. The van der Waals surface area contributed by atoms with Crippen LogP contribution in [0.15, 0.2) is 4.36 Å². The molecule has 7 heteroatoms. The summed E-state index contributed by atoms with van der Waals surface area (Å²) in [5, 5.41) is 0. The minimum absolute atomic E-state index is 0.149. The summed E-state index contributed by atoms with van der Waals surface area (Å²) in [7, 11) is 0. The van der Waals surface area contributed by atoms with E-state index in [2.05, 4.69) is 4.36 Å². The molecule has 1 rings (SSSR count). The highest BCUT2D eigenvalue weighted by molar-refractivity contribution is 7.75. The Morgan fingerprint density at radius 2 is 2.17 bits per heavy atom. The van der Waals surface area contributed by atoms with Crippen LogP contribution in [0.25, 0.3) is 0 Å².